The summed E-state index contributed by atoms with van der Waals surface area (Å²) < 4.78 is 0. The molecule has 0 aliphatic carbocycles. The lowest BCUT2D eigenvalue weighted by Gasteiger charge is -2.19. The van der Waals surface area contributed by atoms with Crippen LogP contribution in [-0.4, -0.2) is 34.9 Å². The number of hydrogen-bond acceptors (Lipinski definition) is 3. The Morgan fingerprint density at radius 2 is 1.32 bits per heavy atom. The van der Waals surface area contributed by atoms with Gasteiger partial charge in [0.15, 0.2) is 0 Å². The van der Waals surface area contributed by atoms with Gasteiger partial charge in [-0.15, -0.1) is 0 Å². The first-order valence-electron chi connectivity index (χ1n) is 11.9. The van der Waals surface area contributed by atoms with Gasteiger partial charge in [0.05, 0.1) is 18.8 Å². The van der Waals surface area contributed by atoms with Gasteiger partial charge in [0.1, 0.15) is 0 Å². The minimum atomic E-state index is -0.826. The molecule has 0 aromatic carbocycles. The molecule has 0 radical (unpaired) electrons. The average molecular weight is 398 g/mol. The third kappa shape index (κ3) is 17.2. The van der Waals surface area contributed by atoms with Gasteiger partial charge < -0.3 is 15.5 Å². The van der Waals surface area contributed by atoms with Crippen LogP contribution >= 0.6 is 0 Å². The maximum Gasteiger partial charge on any atom is 0.220 e. The summed E-state index contributed by atoms with van der Waals surface area (Å²) in [4.78, 5) is 11.8. The number of rotatable bonds is 20. The van der Waals surface area contributed by atoms with Crippen molar-refractivity contribution in [2.45, 2.75) is 129 Å². The topological polar surface area (TPSA) is 69.6 Å². The van der Waals surface area contributed by atoms with Crippen LogP contribution in [0.15, 0.2) is 12.2 Å². The zero-order valence-electron chi connectivity index (χ0n) is 18.6. The first-order valence-corrected chi connectivity index (χ1v) is 11.9. The zero-order valence-corrected chi connectivity index (χ0v) is 18.6. The lowest BCUT2D eigenvalue weighted by molar-refractivity contribution is -0.123. The summed E-state index contributed by atoms with van der Waals surface area (Å²) in [5, 5.41) is 22.3. The van der Waals surface area contributed by atoms with E-state index in [-0.39, 0.29) is 12.5 Å². The summed E-state index contributed by atoms with van der Waals surface area (Å²) in [6.45, 7) is 4.11. The van der Waals surface area contributed by atoms with Crippen LogP contribution < -0.4 is 5.32 Å². The van der Waals surface area contributed by atoms with E-state index in [4.69, 9.17) is 0 Å². The molecule has 0 aromatic rings. The molecule has 4 nitrogen and oxygen atoms in total. The molecule has 0 heterocycles. The molecule has 4 heteroatoms. The van der Waals surface area contributed by atoms with Crippen molar-refractivity contribution in [1.29, 1.82) is 0 Å². The lowest BCUT2D eigenvalue weighted by Crippen LogP contribution is -2.45. The van der Waals surface area contributed by atoms with Gasteiger partial charge in [-0.25, -0.2) is 0 Å². The van der Waals surface area contributed by atoms with E-state index in [1.165, 1.54) is 64.2 Å². The molecule has 1 amide bonds. The largest absolute Gasteiger partial charge is 0.394 e. The van der Waals surface area contributed by atoms with Gasteiger partial charge in [-0.2, -0.15) is 0 Å². The number of aliphatic hydroxyl groups excluding tert-OH is 2. The summed E-state index contributed by atoms with van der Waals surface area (Å²) in [5.74, 6) is -0.0923. The maximum atomic E-state index is 11.8. The SMILES string of the molecule is CCCCCCCCCCCCCC=C[C@@H](O)[C@H](CO)NC(=O)CCCCC. The van der Waals surface area contributed by atoms with E-state index in [2.05, 4.69) is 19.2 Å². The van der Waals surface area contributed by atoms with E-state index in [1.807, 2.05) is 6.08 Å². The van der Waals surface area contributed by atoms with Crippen LogP contribution in [0, 0.1) is 0 Å². The summed E-state index contributed by atoms with van der Waals surface area (Å²) in [6.07, 6.45) is 21.8. The second-order valence-corrected chi connectivity index (χ2v) is 8.06. The van der Waals surface area contributed by atoms with Crippen LogP contribution in [0.2, 0.25) is 0 Å². The molecule has 0 fully saturated rings. The van der Waals surface area contributed by atoms with Gasteiger partial charge in [-0.3, -0.25) is 4.79 Å². The Labute approximate surface area is 174 Å². The van der Waals surface area contributed by atoms with Crippen LogP contribution in [0.5, 0.6) is 0 Å². The number of aliphatic hydroxyl groups is 2. The fraction of sp³-hybridized carbons (Fsp3) is 0.875. The normalized spacial score (nSPS) is 13.7. The number of allylic oxidation sites excluding steroid dienone is 1. The van der Waals surface area contributed by atoms with Gasteiger partial charge in [-0.05, 0) is 19.3 Å². The van der Waals surface area contributed by atoms with E-state index in [1.54, 1.807) is 6.08 Å². The second-order valence-electron chi connectivity index (χ2n) is 8.06. The van der Waals surface area contributed by atoms with E-state index in [0.717, 1.165) is 32.1 Å². The van der Waals surface area contributed by atoms with E-state index < -0.39 is 12.1 Å². The van der Waals surface area contributed by atoms with Crippen molar-refractivity contribution in [3.05, 3.63) is 12.2 Å². The van der Waals surface area contributed by atoms with E-state index >= 15 is 0 Å². The quantitative estimate of drug-likeness (QED) is 0.183. The third-order valence-corrected chi connectivity index (χ3v) is 5.27. The minimum absolute atomic E-state index is 0.0923. The molecule has 166 valence electrons. The molecule has 0 aliphatic rings. The monoisotopic (exact) mass is 397 g/mol. The maximum absolute atomic E-state index is 11.8. The Balaban J connectivity index is 3.66. The van der Waals surface area contributed by atoms with Crippen molar-refractivity contribution >= 4 is 5.91 Å². The first kappa shape index (κ1) is 27.1. The number of hydrogen-bond donors (Lipinski definition) is 3. The Morgan fingerprint density at radius 1 is 0.821 bits per heavy atom. The van der Waals surface area contributed by atoms with Crippen LogP contribution in [0.4, 0.5) is 0 Å². The zero-order chi connectivity index (χ0) is 20.9. The highest BCUT2D eigenvalue weighted by molar-refractivity contribution is 5.76. The number of carbonyl (C=O) groups excluding carboxylic acids is 1. The van der Waals surface area contributed by atoms with Crippen molar-refractivity contribution in [2.24, 2.45) is 0 Å². The predicted octanol–water partition coefficient (Wildman–Crippen LogP) is 5.66. The molecule has 28 heavy (non-hydrogen) atoms. The van der Waals surface area contributed by atoms with E-state index in [0.29, 0.717) is 6.42 Å². The minimum Gasteiger partial charge on any atom is -0.394 e. The number of nitrogens with one attached hydrogen (secondary N) is 1. The van der Waals surface area contributed by atoms with Crippen LogP contribution in [0.1, 0.15) is 117 Å². The molecule has 0 spiro atoms. The molecular formula is C24H47NO3. The van der Waals surface area contributed by atoms with Crippen LogP contribution in [-0.2, 0) is 4.79 Å². The Kier molecular flexibility index (Phi) is 20.2. The highest BCUT2D eigenvalue weighted by atomic mass is 16.3. The standard InChI is InChI=1S/C24H47NO3/c1-3-5-7-8-9-10-11-12-13-14-15-16-18-19-23(27)22(21-26)25-24(28)20-17-6-4-2/h18-19,22-23,26-27H,3-17,20-21H2,1-2H3,(H,25,28)/t22-,23+/m0/s1. The van der Waals surface area contributed by atoms with Crippen molar-refractivity contribution < 1.29 is 15.0 Å². The third-order valence-electron chi connectivity index (χ3n) is 5.27. The van der Waals surface area contributed by atoms with Gasteiger partial charge in [-0.1, -0.05) is 103 Å². The molecule has 2 atom stereocenters. The highest BCUT2D eigenvalue weighted by Crippen LogP contribution is 2.12. The molecule has 0 saturated carbocycles. The molecule has 3 N–H and O–H groups in total. The number of amides is 1. The van der Waals surface area contributed by atoms with Gasteiger partial charge >= 0.3 is 0 Å². The highest BCUT2D eigenvalue weighted by Gasteiger charge is 2.17. The summed E-state index contributed by atoms with van der Waals surface area (Å²) >= 11 is 0. The summed E-state index contributed by atoms with van der Waals surface area (Å²) in [7, 11) is 0. The smallest absolute Gasteiger partial charge is 0.220 e. The van der Waals surface area contributed by atoms with Crippen molar-refractivity contribution in [3.8, 4) is 0 Å². The molecule has 0 rings (SSSR count). The Bertz CT molecular complexity index is 371. The number of unbranched alkanes of at least 4 members (excludes halogenated alkanes) is 13. The first-order chi connectivity index (χ1) is 13.7. The molecule has 0 bridgehead atoms. The Hall–Kier alpha value is -0.870. The van der Waals surface area contributed by atoms with Crippen molar-refractivity contribution in [3.63, 3.8) is 0 Å². The average Bonchev–Trinajstić information content (AvgIpc) is 2.69. The van der Waals surface area contributed by atoms with Crippen molar-refractivity contribution in [1.82, 2.24) is 5.32 Å². The van der Waals surface area contributed by atoms with Crippen LogP contribution in [0.25, 0.3) is 0 Å². The van der Waals surface area contributed by atoms with Gasteiger partial charge in [0.2, 0.25) is 5.91 Å². The molecule has 0 aromatic heterocycles. The molecule has 0 saturated heterocycles. The summed E-state index contributed by atoms with van der Waals surface area (Å²) in [5.41, 5.74) is 0. The molecular weight excluding hydrogens is 350 g/mol. The second kappa shape index (κ2) is 20.9. The van der Waals surface area contributed by atoms with Gasteiger partial charge in [0.25, 0.3) is 0 Å². The predicted molar refractivity (Wildman–Crippen MR) is 119 cm³/mol. The molecule has 0 unspecified atom stereocenters. The van der Waals surface area contributed by atoms with E-state index in [9.17, 15) is 15.0 Å². The van der Waals surface area contributed by atoms with Crippen LogP contribution in [0.3, 0.4) is 0 Å². The van der Waals surface area contributed by atoms with Gasteiger partial charge in [0, 0.05) is 6.42 Å². The summed E-state index contributed by atoms with van der Waals surface area (Å²) in [6, 6.07) is -0.609. The fourth-order valence-corrected chi connectivity index (χ4v) is 3.35. The molecule has 0 aliphatic heterocycles. The Morgan fingerprint density at radius 3 is 1.86 bits per heavy atom. The van der Waals surface area contributed by atoms with Crippen molar-refractivity contribution in [2.75, 3.05) is 6.61 Å². The fourth-order valence-electron chi connectivity index (χ4n) is 3.35. The lowest BCUT2D eigenvalue weighted by atomic mass is 10.0. The number of carbonyl (C=O) groups is 1.